The van der Waals surface area contributed by atoms with Crippen molar-refractivity contribution < 1.29 is 13.2 Å². The molecule has 1 unspecified atom stereocenters. The van der Waals surface area contributed by atoms with Gasteiger partial charge in [-0.05, 0) is 36.4 Å². The summed E-state index contributed by atoms with van der Waals surface area (Å²) in [5.74, 6) is 0.509. The standard InChI is InChI=1S/C20H22N4O3S2/c1-2-11-23(16-10-13-29(26,27)14-16)20(25)18-21-19(17-9-6-12-28-17)24(22-18)15-7-4-3-5-8-15/h3-9,12,16H,2,10-11,13-14H2,1H3. The SMILES string of the molecule is CCCN(C(=O)c1nc(-c2cccs2)n(-c2ccccc2)n1)C1CCS(=O)(=O)C1. The van der Waals surface area contributed by atoms with Crippen molar-refractivity contribution in [1.82, 2.24) is 19.7 Å². The second-order valence-corrected chi connectivity index (χ2v) is 10.2. The molecule has 3 aromatic rings. The largest absolute Gasteiger partial charge is 0.332 e. The first-order valence-electron chi connectivity index (χ1n) is 9.56. The zero-order valence-electron chi connectivity index (χ0n) is 16.1. The summed E-state index contributed by atoms with van der Waals surface area (Å²) in [6, 6.07) is 13.1. The van der Waals surface area contributed by atoms with E-state index in [2.05, 4.69) is 10.1 Å². The molecular weight excluding hydrogens is 408 g/mol. The molecule has 1 amide bonds. The first-order valence-corrected chi connectivity index (χ1v) is 12.3. The van der Waals surface area contributed by atoms with Crippen molar-refractivity contribution in [3.63, 3.8) is 0 Å². The summed E-state index contributed by atoms with van der Waals surface area (Å²) in [4.78, 5) is 20.4. The van der Waals surface area contributed by atoms with Crippen molar-refractivity contribution in [2.24, 2.45) is 0 Å². The third-order valence-electron chi connectivity index (χ3n) is 4.92. The Bertz CT molecular complexity index is 1090. The minimum atomic E-state index is -3.09. The second kappa shape index (κ2) is 8.08. The zero-order chi connectivity index (χ0) is 20.4. The van der Waals surface area contributed by atoms with Crippen molar-refractivity contribution in [1.29, 1.82) is 0 Å². The van der Waals surface area contributed by atoms with Crippen molar-refractivity contribution in [3.8, 4) is 16.4 Å². The van der Waals surface area contributed by atoms with Crippen LogP contribution in [-0.4, -0.2) is 58.1 Å². The predicted molar refractivity (Wildman–Crippen MR) is 113 cm³/mol. The van der Waals surface area contributed by atoms with Gasteiger partial charge in [-0.1, -0.05) is 31.2 Å². The molecule has 1 aliphatic heterocycles. The van der Waals surface area contributed by atoms with E-state index in [1.807, 2.05) is 54.8 Å². The van der Waals surface area contributed by atoms with Crippen LogP contribution in [0.25, 0.3) is 16.4 Å². The minimum Gasteiger partial charge on any atom is -0.332 e. The number of amides is 1. The van der Waals surface area contributed by atoms with Gasteiger partial charge in [0.05, 0.1) is 22.1 Å². The van der Waals surface area contributed by atoms with Crippen molar-refractivity contribution in [2.45, 2.75) is 25.8 Å². The predicted octanol–water partition coefficient (Wildman–Crippen LogP) is 3.04. The molecule has 1 aliphatic rings. The molecule has 2 aromatic heterocycles. The first-order chi connectivity index (χ1) is 14.0. The molecule has 29 heavy (non-hydrogen) atoms. The summed E-state index contributed by atoms with van der Waals surface area (Å²) in [5.41, 5.74) is 0.813. The summed E-state index contributed by atoms with van der Waals surface area (Å²) in [5, 5.41) is 6.47. The second-order valence-electron chi connectivity index (χ2n) is 7.04. The summed E-state index contributed by atoms with van der Waals surface area (Å²) in [7, 11) is -3.09. The number of sulfone groups is 1. The molecule has 4 rings (SSSR count). The molecule has 0 bridgehead atoms. The average Bonchev–Trinajstić information content (AvgIpc) is 3.45. The molecule has 7 nitrogen and oxygen atoms in total. The summed E-state index contributed by atoms with van der Waals surface area (Å²) in [6.45, 7) is 2.45. The molecule has 0 radical (unpaired) electrons. The van der Waals surface area contributed by atoms with Crippen LogP contribution in [0.3, 0.4) is 0 Å². The first kappa shape index (κ1) is 19.8. The summed E-state index contributed by atoms with van der Waals surface area (Å²) < 4.78 is 25.5. The molecule has 1 aromatic carbocycles. The van der Waals surface area contributed by atoms with E-state index < -0.39 is 9.84 Å². The highest BCUT2D eigenvalue weighted by molar-refractivity contribution is 7.91. The molecule has 0 saturated carbocycles. The maximum atomic E-state index is 13.3. The fourth-order valence-electron chi connectivity index (χ4n) is 3.56. The Kier molecular flexibility index (Phi) is 5.51. The van der Waals surface area contributed by atoms with Gasteiger partial charge in [-0.25, -0.2) is 18.1 Å². The van der Waals surface area contributed by atoms with Gasteiger partial charge in [0.25, 0.3) is 5.91 Å². The van der Waals surface area contributed by atoms with Gasteiger partial charge in [0.1, 0.15) is 0 Å². The van der Waals surface area contributed by atoms with E-state index in [1.54, 1.807) is 9.58 Å². The number of nitrogens with zero attached hydrogens (tertiary/aromatic N) is 4. The average molecular weight is 431 g/mol. The van der Waals surface area contributed by atoms with Crippen LogP contribution in [0.5, 0.6) is 0 Å². The van der Waals surface area contributed by atoms with Crippen LogP contribution in [0.4, 0.5) is 0 Å². The van der Waals surface area contributed by atoms with Crippen LogP contribution < -0.4 is 0 Å². The highest BCUT2D eigenvalue weighted by Gasteiger charge is 2.36. The van der Waals surface area contributed by atoms with E-state index >= 15 is 0 Å². The van der Waals surface area contributed by atoms with Crippen LogP contribution in [0.2, 0.25) is 0 Å². The Labute approximate surface area is 173 Å². The lowest BCUT2D eigenvalue weighted by atomic mass is 10.2. The lowest BCUT2D eigenvalue weighted by molar-refractivity contribution is 0.0684. The van der Waals surface area contributed by atoms with Crippen molar-refractivity contribution in [2.75, 3.05) is 18.1 Å². The summed E-state index contributed by atoms with van der Waals surface area (Å²) in [6.07, 6.45) is 1.20. The Morgan fingerprint density at radius 1 is 1.24 bits per heavy atom. The molecule has 152 valence electrons. The normalized spacial score (nSPS) is 18.0. The smallest absolute Gasteiger partial charge is 0.293 e. The molecule has 0 aliphatic carbocycles. The maximum absolute atomic E-state index is 13.3. The minimum absolute atomic E-state index is 0.00984. The monoisotopic (exact) mass is 430 g/mol. The molecule has 0 spiro atoms. The van der Waals surface area contributed by atoms with E-state index in [-0.39, 0.29) is 29.3 Å². The Hall–Kier alpha value is -2.52. The van der Waals surface area contributed by atoms with Crippen LogP contribution in [0.15, 0.2) is 47.8 Å². The van der Waals surface area contributed by atoms with Gasteiger partial charge in [0, 0.05) is 12.6 Å². The van der Waals surface area contributed by atoms with Crippen molar-refractivity contribution in [3.05, 3.63) is 53.7 Å². The summed E-state index contributed by atoms with van der Waals surface area (Å²) >= 11 is 1.53. The fraction of sp³-hybridized carbons (Fsp3) is 0.350. The maximum Gasteiger partial charge on any atom is 0.293 e. The van der Waals surface area contributed by atoms with E-state index in [0.717, 1.165) is 17.0 Å². The van der Waals surface area contributed by atoms with Crippen LogP contribution in [0, 0.1) is 0 Å². The number of carbonyl (C=O) groups is 1. The van der Waals surface area contributed by atoms with Gasteiger partial charge in [-0.2, -0.15) is 0 Å². The van der Waals surface area contributed by atoms with Gasteiger partial charge in [0.15, 0.2) is 15.7 Å². The van der Waals surface area contributed by atoms with E-state index in [1.165, 1.54) is 11.3 Å². The number of hydrogen-bond acceptors (Lipinski definition) is 6. The van der Waals surface area contributed by atoms with E-state index in [0.29, 0.717) is 18.8 Å². The Morgan fingerprint density at radius 2 is 2.03 bits per heavy atom. The lowest BCUT2D eigenvalue weighted by Crippen LogP contribution is -2.42. The molecule has 1 fully saturated rings. The van der Waals surface area contributed by atoms with Crippen LogP contribution >= 0.6 is 11.3 Å². The number of hydrogen-bond donors (Lipinski definition) is 0. The topological polar surface area (TPSA) is 85.2 Å². The fourth-order valence-corrected chi connectivity index (χ4v) is 5.99. The van der Waals surface area contributed by atoms with Gasteiger partial charge >= 0.3 is 0 Å². The van der Waals surface area contributed by atoms with E-state index in [9.17, 15) is 13.2 Å². The molecule has 1 saturated heterocycles. The zero-order valence-corrected chi connectivity index (χ0v) is 17.7. The highest BCUT2D eigenvalue weighted by atomic mass is 32.2. The highest BCUT2D eigenvalue weighted by Crippen LogP contribution is 2.27. The van der Waals surface area contributed by atoms with Crippen LogP contribution in [0.1, 0.15) is 30.4 Å². The molecular formula is C20H22N4O3S2. The van der Waals surface area contributed by atoms with Gasteiger partial charge < -0.3 is 4.90 Å². The van der Waals surface area contributed by atoms with E-state index in [4.69, 9.17) is 0 Å². The van der Waals surface area contributed by atoms with Crippen LogP contribution in [-0.2, 0) is 9.84 Å². The number of aromatic nitrogens is 3. The van der Waals surface area contributed by atoms with Gasteiger partial charge in [-0.3, -0.25) is 4.79 Å². The number of benzene rings is 1. The third kappa shape index (κ3) is 4.11. The number of para-hydroxylation sites is 1. The van der Waals surface area contributed by atoms with Gasteiger partial charge in [0.2, 0.25) is 5.82 Å². The Morgan fingerprint density at radius 3 is 2.66 bits per heavy atom. The molecule has 9 heteroatoms. The number of carbonyl (C=O) groups excluding carboxylic acids is 1. The number of thiophene rings is 1. The Balaban J connectivity index is 1.73. The molecule has 3 heterocycles. The van der Waals surface area contributed by atoms with Crippen molar-refractivity contribution >= 4 is 27.1 Å². The molecule has 1 atom stereocenters. The third-order valence-corrected chi connectivity index (χ3v) is 7.53. The quantitative estimate of drug-likeness (QED) is 0.600. The molecule has 0 N–H and O–H groups in total. The number of rotatable bonds is 6. The lowest BCUT2D eigenvalue weighted by Gasteiger charge is -2.26. The van der Waals surface area contributed by atoms with Gasteiger partial charge in [-0.15, -0.1) is 16.4 Å².